The van der Waals surface area contributed by atoms with E-state index in [1.54, 1.807) is 0 Å². The Labute approximate surface area is 76.4 Å². The average Bonchev–Trinajstić information content (AvgIpc) is 2.71. The summed E-state index contributed by atoms with van der Waals surface area (Å²) in [7, 11) is 1.92. The molecular weight excluding hydrogens is 164 g/mol. The summed E-state index contributed by atoms with van der Waals surface area (Å²) in [6, 6.07) is 4.01. The Kier molecular flexibility index (Phi) is 2.14. The molecule has 2 aromatic heterocycles. The second-order valence-corrected chi connectivity index (χ2v) is 2.88. The fraction of sp³-hybridized carbons (Fsp3) is 0.222. The van der Waals surface area contributed by atoms with Crippen LogP contribution in [0, 0.1) is 0 Å². The van der Waals surface area contributed by atoms with Gasteiger partial charge in [0.2, 0.25) is 0 Å². The standard InChI is InChI=1S/C9H12N4/c1-10-6-9-7(5-12-13-9)8-3-2-4-11-8/h2-5,10-11H,6H2,1H3,(H,12,13). The lowest BCUT2D eigenvalue weighted by atomic mass is 10.2. The molecule has 0 aliphatic carbocycles. The van der Waals surface area contributed by atoms with Gasteiger partial charge in [0.15, 0.2) is 0 Å². The summed E-state index contributed by atoms with van der Waals surface area (Å²) in [5, 5.41) is 10.1. The van der Waals surface area contributed by atoms with Gasteiger partial charge < -0.3 is 10.3 Å². The molecule has 2 heterocycles. The van der Waals surface area contributed by atoms with Gasteiger partial charge >= 0.3 is 0 Å². The highest BCUT2D eigenvalue weighted by Gasteiger charge is 2.06. The number of nitrogens with one attached hydrogen (secondary N) is 3. The van der Waals surface area contributed by atoms with E-state index in [1.165, 1.54) is 0 Å². The van der Waals surface area contributed by atoms with Crippen LogP contribution in [0.15, 0.2) is 24.5 Å². The number of hydrogen-bond acceptors (Lipinski definition) is 2. The van der Waals surface area contributed by atoms with Gasteiger partial charge in [0, 0.05) is 24.0 Å². The number of aromatic nitrogens is 3. The molecule has 4 heteroatoms. The predicted octanol–water partition coefficient (Wildman–Crippen LogP) is 1.12. The van der Waals surface area contributed by atoms with Crippen molar-refractivity contribution in [2.24, 2.45) is 0 Å². The van der Waals surface area contributed by atoms with Crippen molar-refractivity contribution in [3.8, 4) is 11.3 Å². The van der Waals surface area contributed by atoms with Crippen LogP contribution in [-0.2, 0) is 6.54 Å². The summed E-state index contributed by atoms with van der Waals surface area (Å²) in [6.45, 7) is 0.800. The maximum absolute atomic E-state index is 4.01. The first kappa shape index (κ1) is 8.07. The highest BCUT2D eigenvalue weighted by molar-refractivity contribution is 5.60. The van der Waals surface area contributed by atoms with Crippen LogP contribution in [0.25, 0.3) is 11.3 Å². The number of nitrogens with zero attached hydrogens (tertiary/aromatic N) is 1. The van der Waals surface area contributed by atoms with Crippen molar-refractivity contribution < 1.29 is 0 Å². The molecule has 13 heavy (non-hydrogen) atoms. The fourth-order valence-corrected chi connectivity index (χ4v) is 1.35. The lowest BCUT2D eigenvalue weighted by Gasteiger charge is -1.99. The van der Waals surface area contributed by atoms with Gasteiger partial charge in [-0.3, -0.25) is 5.10 Å². The highest BCUT2D eigenvalue weighted by atomic mass is 15.1. The first-order chi connectivity index (χ1) is 6.42. The number of rotatable bonds is 3. The normalized spacial score (nSPS) is 10.5. The topological polar surface area (TPSA) is 56.5 Å². The lowest BCUT2D eigenvalue weighted by molar-refractivity contribution is 0.785. The van der Waals surface area contributed by atoms with Crippen LogP contribution in [0.2, 0.25) is 0 Å². The van der Waals surface area contributed by atoms with Gasteiger partial charge in [0.25, 0.3) is 0 Å². The van der Waals surface area contributed by atoms with Crippen molar-refractivity contribution in [2.45, 2.75) is 6.54 Å². The van der Waals surface area contributed by atoms with Gasteiger partial charge in [-0.25, -0.2) is 0 Å². The van der Waals surface area contributed by atoms with Crippen molar-refractivity contribution in [3.63, 3.8) is 0 Å². The molecule has 0 fully saturated rings. The third kappa shape index (κ3) is 1.48. The summed E-state index contributed by atoms with van der Waals surface area (Å²) in [4.78, 5) is 3.15. The monoisotopic (exact) mass is 176 g/mol. The Hall–Kier alpha value is -1.55. The van der Waals surface area contributed by atoms with Crippen LogP contribution in [0.4, 0.5) is 0 Å². The number of aromatic amines is 2. The Morgan fingerprint density at radius 1 is 1.54 bits per heavy atom. The third-order valence-corrected chi connectivity index (χ3v) is 1.96. The smallest absolute Gasteiger partial charge is 0.0584 e. The maximum Gasteiger partial charge on any atom is 0.0584 e. The van der Waals surface area contributed by atoms with Crippen LogP contribution in [-0.4, -0.2) is 22.2 Å². The van der Waals surface area contributed by atoms with E-state index in [9.17, 15) is 0 Å². The summed E-state index contributed by atoms with van der Waals surface area (Å²) >= 11 is 0. The zero-order chi connectivity index (χ0) is 9.10. The van der Waals surface area contributed by atoms with E-state index in [0.29, 0.717) is 0 Å². The molecule has 0 saturated heterocycles. The minimum absolute atomic E-state index is 0.800. The molecule has 0 spiro atoms. The van der Waals surface area contributed by atoms with Crippen LogP contribution >= 0.6 is 0 Å². The first-order valence-electron chi connectivity index (χ1n) is 4.22. The molecule has 0 aromatic carbocycles. The summed E-state index contributed by atoms with van der Waals surface area (Å²) in [5.41, 5.74) is 3.32. The number of H-pyrrole nitrogens is 2. The Morgan fingerprint density at radius 3 is 3.15 bits per heavy atom. The molecule has 0 radical (unpaired) electrons. The Morgan fingerprint density at radius 2 is 2.46 bits per heavy atom. The van der Waals surface area contributed by atoms with Crippen molar-refractivity contribution in [3.05, 3.63) is 30.2 Å². The molecule has 2 aromatic rings. The summed E-state index contributed by atoms with van der Waals surface area (Å²) in [5.74, 6) is 0. The highest BCUT2D eigenvalue weighted by Crippen LogP contribution is 2.19. The second-order valence-electron chi connectivity index (χ2n) is 2.88. The Bertz CT molecular complexity index is 361. The molecule has 2 rings (SSSR count). The summed E-state index contributed by atoms with van der Waals surface area (Å²) < 4.78 is 0. The van der Waals surface area contributed by atoms with E-state index in [1.807, 2.05) is 31.6 Å². The van der Waals surface area contributed by atoms with E-state index in [-0.39, 0.29) is 0 Å². The minimum atomic E-state index is 0.800. The molecule has 3 N–H and O–H groups in total. The van der Waals surface area contributed by atoms with Crippen LogP contribution < -0.4 is 5.32 Å². The molecule has 0 unspecified atom stereocenters. The fourth-order valence-electron chi connectivity index (χ4n) is 1.35. The zero-order valence-electron chi connectivity index (χ0n) is 7.46. The van der Waals surface area contributed by atoms with Crippen molar-refractivity contribution in [1.29, 1.82) is 0 Å². The molecule has 0 saturated carbocycles. The molecule has 0 amide bonds. The molecular formula is C9H12N4. The lowest BCUT2D eigenvalue weighted by Crippen LogP contribution is -2.06. The molecule has 4 nitrogen and oxygen atoms in total. The van der Waals surface area contributed by atoms with Crippen LogP contribution in [0.3, 0.4) is 0 Å². The maximum atomic E-state index is 4.01. The molecule has 0 atom stereocenters. The van der Waals surface area contributed by atoms with E-state index >= 15 is 0 Å². The average molecular weight is 176 g/mol. The van der Waals surface area contributed by atoms with Gasteiger partial charge in [0.1, 0.15) is 0 Å². The first-order valence-corrected chi connectivity index (χ1v) is 4.22. The SMILES string of the molecule is CNCc1[nH]ncc1-c1ccc[nH]1. The molecule has 0 bridgehead atoms. The third-order valence-electron chi connectivity index (χ3n) is 1.96. The van der Waals surface area contributed by atoms with Gasteiger partial charge in [0.05, 0.1) is 11.9 Å². The van der Waals surface area contributed by atoms with E-state index in [4.69, 9.17) is 0 Å². The van der Waals surface area contributed by atoms with Crippen molar-refractivity contribution in [2.75, 3.05) is 7.05 Å². The predicted molar refractivity (Wildman–Crippen MR) is 51.1 cm³/mol. The van der Waals surface area contributed by atoms with E-state index < -0.39 is 0 Å². The van der Waals surface area contributed by atoms with Gasteiger partial charge in [-0.05, 0) is 19.2 Å². The van der Waals surface area contributed by atoms with Crippen molar-refractivity contribution >= 4 is 0 Å². The van der Waals surface area contributed by atoms with Gasteiger partial charge in [-0.2, -0.15) is 5.10 Å². The van der Waals surface area contributed by atoms with Crippen molar-refractivity contribution in [1.82, 2.24) is 20.5 Å². The summed E-state index contributed by atoms with van der Waals surface area (Å²) in [6.07, 6.45) is 3.74. The van der Waals surface area contributed by atoms with Gasteiger partial charge in [-0.1, -0.05) is 0 Å². The molecule has 68 valence electrons. The quantitative estimate of drug-likeness (QED) is 0.656. The minimum Gasteiger partial charge on any atom is -0.361 e. The van der Waals surface area contributed by atoms with Crippen LogP contribution in [0.5, 0.6) is 0 Å². The second kappa shape index (κ2) is 3.45. The largest absolute Gasteiger partial charge is 0.361 e. The Balaban J connectivity index is 2.35. The molecule has 0 aliphatic heterocycles. The number of hydrogen-bond donors (Lipinski definition) is 3. The van der Waals surface area contributed by atoms with E-state index in [0.717, 1.165) is 23.5 Å². The van der Waals surface area contributed by atoms with Gasteiger partial charge in [-0.15, -0.1) is 0 Å². The van der Waals surface area contributed by atoms with E-state index in [2.05, 4.69) is 20.5 Å². The van der Waals surface area contributed by atoms with Crippen LogP contribution in [0.1, 0.15) is 5.69 Å². The zero-order valence-corrected chi connectivity index (χ0v) is 7.46. The molecule has 0 aliphatic rings.